The second-order valence-electron chi connectivity index (χ2n) is 8.04. The van der Waals surface area contributed by atoms with E-state index in [9.17, 15) is 4.79 Å². The molecular formula is C20H39N5O. The van der Waals surface area contributed by atoms with Crippen molar-refractivity contribution in [2.75, 3.05) is 39.8 Å². The van der Waals surface area contributed by atoms with Gasteiger partial charge in [-0.05, 0) is 38.3 Å². The molecule has 0 aliphatic carbocycles. The molecule has 0 spiro atoms. The minimum absolute atomic E-state index is 0.248. The van der Waals surface area contributed by atoms with Crippen molar-refractivity contribution < 1.29 is 4.79 Å². The lowest BCUT2D eigenvalue weighted by atomic mass is 10.0. The molecule has 2 N–H and O–H groups in total. The fraction of sp³-hybridized carbons (Fsp3) is 0.900. The summed E-state index contributed by atoms with van der Waals surface area (Å²) >= 11 is 0. The highest BCUT2D eigenvalue weighted by Gasteiger charge is 2.27. The van der Waals surface area contributed by atoms with Gasteiger partial charge in [0.1, 0.15) is 0 Å². The first-order chi connectivity index (χ1) is 12.5. The monoisotopic (exact) mass is 365 g/mol. The van der Waals surface area contributed by atoms with Gasteiger partial charge in [-0.15, -0.1) is 0 Å². The molecule has 0 aromatic carbocycles. The van der Waals surface area contributed by atoms with Crippen LogP contribution in [-0.4, -0.2) is 73.5 Å². The van der Waals surface area contributed by atoms with E-state index in [0.717, 1.165) is 32.0 Å². The third-order valence-electron chi connectivity index (χ3n) is 5.77. The van der Waals surface area contributed by atoms with E-state index in [1.165, 1.54) is 38.8 Å². The van der Waals surface area contributed by atoms with Crippen LogP contribution >= 0.6 is 0 Å². The quantitative estimate of drug-likeness (QED) is 0.559. The number of hydrogen-bond acceptors (Lipinski definition) is 3. The van der Waals surface area contributed by atoms with E-state index in [4.69, 9.17) is 0 Å². The number of nitrogens with one attached hydrogen (secondary N) is 2. The van der Waals surface area contributed by atoms with Gasteiger partial charge in [0.25, 0.3) is 0 Å². The summed E-state index contributed by atoms with van der Waals surface area (Å²) in [6.07, 6.45) is 6.95. The third-order valence-corrected chi connectivity index (χ3v) is 5.77. The number of likely N-dealkylation sites (tertiary alicyclic amines) is 2. The van der Waals surface area contributed by atoms with Crippen LogP contribution in [0.25, 0.3) is 0 Å². The van der Waals surface area contributed by atoms with Gasteiger partial charge in [-0.1, -0.05) is 33.6 Å². The molecule has 0 aromatic heterocycles. The van der Waals surface area contributed by atoms with Gasteiger partial charge in [0, 0.05) is 45.2 Å². The first-order valence-corrected chi connectivity index (χ1v) is 10.5. The van der Waals surface area contributed by atoms with E-state index in [1.54, 1.807) is 0 Å². The van der Waals surface area contributed by atoms with Crippen molar-refractivity contribution in [3.05, 3.63) is 0 Å². The largest absolute Gasteiger partial charge is 0.355 e. The topological polar surface area (TPSA) is 60.0 Å². The third kappa shape index (κ3) is 6.15. The fourth-order valence-corrected chi connectivity index (χ4v) is 4.13. The van der Waals surface area contributed by atoms with Gasteiger partial charge in [-0.3, -0.25) is 14.7 Å². The Morgan fingerprint density at radius 3 is 2.42 bits per heavy atom. The first-order valence-electron chi connectivity index (χ1n) is 10.5. The number of carbonyl (C=O) groups excluding carboxylic acids is 1. The highest BCUT2D eigenvalue weighted by atomic mass is 16.2. The van der Waals surface area contributed by atoms with Crippen LogP contribution in [0.1, 0.15) is 59.3 Å². The molecule has 2 rings (SSSR count). The summed E-state index contributed by atoms with van der Waals surface area (Å²) in [5.41, 5.74) is 0. The normalized spacial score (nSPS) is 23.8. The van der Waals surface area contributed by atoms with Crippen LogP contribution in [0.4, 0.5) is 0 Å². The summed E-state index contributed by atoms with van der Waals surface area (Å²) in [4.78, 5) is 20.9. The molecule has 0 aromatic rings. The molecule has 2 atom stereocenters. The van der Waals surface area contributed by atoms with Crippen LogP contribution in [0.2, 0.25) is 0 Å². The Morgan fingerprint density at radius 1 is 1.15 bits per heavy atom. The van der Waals surface area contributed by atoms with E-state index >= 15 is 0 Å². The summed E-state index contributed by atoms with van der Waals surface area (Å²) in [6.45, 7) is 11.6. The lowest BCUT2D eigenvalue weighted by Crippen LogP contribution is -2.51. The van der Waals surface area contributed by atoms with Crippen LogP contribution in [0.15, 0.2) is 4.99 Å². The minimum Gasteiger partial charge on any atom is -0.355 e. The second kappa shape index (κ2) is 10.8. The van der Waals surface area contributed by atoms with Crippen LogP contribution in [0, 0.1) is 5.92 Å². The highest BCUT2D eigenvalue weighted by Crippen LogP contribution is 2.17. The summed E-state index contributed by atoms with van der Waals surface area (Å²) in [5, 5.41) is 7.06. The van der Waals surface area contributed by atoms with Gasteiger partial charge in [0.05, 0.1) is 0 Å². The predicted octanol–water partition coefficient (Wildman–Crippen LogP) is 2.06. The van der Waals surface area contributed by atoms with Crippen molar-refractivity contribution in [2.24, 2.45) is 10.9 Å². The Balaban J connectivity index is 1.83. The maximum Gasteiger partial charge on any atom is 0.222 e. The van der Waals surface area contributed by atoms with Crippen LogP contribution in [-0.2, 0) is 4.79 Å². The number of guanidine groups is 1. The first kappa shape index (κ1) is 21.0. The molecule has 1 amide bonds. The average Bonchev–Trinajstić information content (AvgIpc) is 2.94. The summed E-state index contributed by atoms with van der Waals surface area (Å²) in [7, 11) is 1.83. The lowest BCUT2D eigenvalue weighted by Gasteiger charge is -2.34. The molecule has 2 aliphatic heterocycles. The molecule has 2 saturated heterocycles. The van der Waals surface area contributed by atoms with Crippen LogP contribution in [0.5, 0.6) is 0 Å². The number of rotatable bonds is 6. The van der Waals surface area contributed by atoms with Gasteiger partial charge >= 0.3 is 0 Å². The fourth-order valence-electron chi connectivity index (χ4n) is 4.13. The molecule has 0 saturated carbocycles. The zero-order valence-corrected chi connectivity index (χ0v) is 17.3. The number of amides is 1. The molecule has 0 radical (unpaired) electrons. The molecule has 2 aliphatic rings. The van der Waals surface area contributed by atoms with E-state index in [0.29, 0.717) is 24.4 Å². The van der Waals surface area contributed by atoms with Gasteiger partial charge in [0.15, 0.2) is 5.96 Å². The number of nitrogens with zero attached hydrogens (tertiary/aromatic N) is 3. The van der Waals surface area contributed by atoms with Crippen LogP contribution < -0.4 is 10.6 Å². The Hall–Kier alpha value is -1.30. The number of aliphatic imine (C=N–C) groups is 1. The van der Waals surface area contributed by atoms with Crippen molar-refractivity contribution in [3.8, 4) is 0 Å². The van der Waals surface area contributed by atoms with E-state index in [1.807, 2.05) is 18.9 Å². The van der Waals surface area contributed by atoms with Crippen LogP contribution in [0.3, 0.4) is 0 Å². The highest BCUT2D eigenvalue weighted by molar-refractivity contribution is 5.80. The van der Waals surface area contributed by atoms with E-state index < -0.39 is 0 Å². The average molecular weight is 366 g/mol. The molecule has 150 valence electrons. The molecular weight excluding hydrogens is 326 g/mol. The van der Waals surface area contributed by atoms with Gasteiger partial charge in [-0.25, -0.2) is 0 Å². The Labute approximate surface area is 159 Å². The Kier molecular flexibility index (Phi) is 8.69. The van der Waals surface area contributed by atoms with Crippen molar-refractivity contribution in [2.45, 2.75) is 71.4 Å². The SMILES string of the molecule is CCC(=O)N1CCC(NC(=NC)NCC(C(C)C)N2CCCCCC2)C1. The lowest BCUT2D eigenvalue weighted by molar-refractivity contribution is -0.129. The smallest absolute Gasteiger partial charge is 0.222 e. The van der Waals surface area contributed by atoms with Gasteiger partial charge < -0.3 is 15.5 Å². The van der Waals surface area contributed by atoms with Gasteiger partial charge in [-0.2, -0.15) is 0 Å². The number of carbonyl (C=O) groups is 1. The molecule has 6 nitrogen and oxygen atoms in total. The van der Waals surface area contributed by atoms with Gasteiger partial charge in [0.2, 0.25) is 5.91 Å². The number of hydrogen-bond donors (Lipinski definition) is 2. The zero-order valence-electron chi connectivity index (χ0n) is 17.3. The standard InChI is InChI=1S/C20H39N5O/c1-5-19(26)25-13-10-17(15-25)23-20(21-4)22-14-18(16(2)3)24-11-8-6-7-9-12-24/h16-18H,5-15H2,1-4H3,(H2,21,22,23). The Bertz CT molecular complexity index is 457. The summed E-state index contributed by atoms with van der Waals surface area (Å²) < 4.78 is 0. The van der Waals surface area contributed by atoms with Crippen molar-refractivity contribution >= 4 is 11.9 Å². The molecule has 26 heavy (non-hydrogen) atoms. The Morgan fingerprint density at radius 2 is 1.85 bits per heavy atom. The summed E-state index contributed by atoms with van der Waals surface area (Å²) in [5.74, 6) is 1.72. The minimum atomic E-state index is 0.248. The maximum absolute atomic E-state index is 11.9. The molecule has 6 heteroatoms. The molecule has 2 heterocycles. The molecule has 2 fully saturated rings. The summed E-state index contributed by atoms with van der Waals surface area (Å²) in [6, 6.07) is 0.834. The van der Waals surface area contributed by atoms with E-state index in [-0.39, 0.29) is 5.91 Å². The maximum atomic E-state index is 11.9. The second-order valence-corrected chi connectivity index (χ2v) is 8.04. The molecule has 0 bridgehead atoms. The molecule has 2 unspecified atom stereocenters. The van der Waals surface area contributed by atoms with Crippen molar-refractivity contribution in [1.82, 2.24) is 20.4 Å². The van der Waals surface area contributed by atoms with E-state index in [2.05, 4.69) is 34.4 Å². The predicted molar refractivity (Wildman–Crippen MR) is 108 cm³/mol. The van der Waals surface area contributed by atoms with Crippen molar-refractivity contribution in [1.29, 1.82) is 0 Å². The van der Waals surface area contributed by atoms with Crippen molar-refractivity contribution in [3.63, 3.8) is 0 Å². The zero-order chi connectivity index (χ0) is 18.9.